The largest absolute Gasteiger partial charge is 0.508 e. The Bertz CT molecular complexity index is 806. The van der Waals surface area contributed by atoms with Crippen LogP contribution >= 0.6 is 0 Å². The van der Waals surface area contributed by atoms with E-state index in [1.165, 1.54) is 0 Å². The van der Waals surface area contributed by atoms with Crippen molar-refractivity contribution < 1.29 is 19.4 Å². The number of esters is 1. The molecular weight excluding hydrogens is 280 g/mol. The molecule has 0 bridgehead atoms. The maximum Gasteiger partial charge on any atom is 0.337 e. The number of aliphatic hydroxyl groups excluding tert-OH is 1. The Morgan fingerprint density at radius 1 is 1.32 bits per heavy atom. The molecule has 2 aliphatic rings. The van der Waals surface area contributed by atoms with Crippen LogP contribution in [0.5, 0.6) is 5.75 Å². The molecular formula is C18H16O4. The van der Waals surface area contributed by atoms with Gasteiger partial charge in [0.25, 0.3) is 0 Å². The highest BCUT2D eigenvalue weighted by atomic mass is 16.5. The van der Waals surface area contributed by atoms with Gasteiger partial charge in [0.2, 0.25) is 0 Å². The van der Waals surface area contributed by atoms with Gasteiger partial charge in [-0.1, -0.05) is 30.3 Å². The van der Waals surface area contributed by atoms with Crippen molar-refractivity contribution in [1.82, 2.24) is 0 Å². The Labute approximate surface area is 128 Å². The van der Waals surface area contributed by atoms with Gasteiger partial charge in [0.1, 0.15) is 11.5 Å². The number of fused-ring (bicyclic) bond motifs is 5. The molecule has 2 aromatic carbocycles. The van der Waals surface area contributed by atoms with Crippen LogP contribution < -0.4 is 4.74 Å². The minimum atomic E-state index is -0.472. The fraction of sp³-hybridized carbons (Fsp3) is 0.278. The molecule has 0 amide bonds. The number of benzene rings is 2. The van der Waals surface area contributed by atoms with E-state index in [4.69, 9.17) is 9.47 Å². The van der Waals surface area contributed by atoms with Gasteiger partial charge in [0.05, 0.1) is 12.2 Å². The third kappa shape index (κ3) is 1.73. The third-order valence-electron chi connectivity index (χ3n) is 4.45. The van der Waals surface area contributed by atoms with Gasteiger partial charge in [-0.3, -0.25) is 0 Å². The lowest BCUT2D eigenvalue weighted by atomic mass is 9.91. The number of rotatable bonds is 2. The van der Waals surface area contributed by atoms with E-state index < -0.39 is 12.1 Å². The molecule has 4 heteroatoms. The van der Waals surface area contributed by atoms with Crippen LogP contribution in [-0.2, 0) is 9.53 Å². The van der Waals surface area contributed by atoms with Gasteiger partial charge in [0.15, 0.2) is 6.10 Å². The van der Waals surface area contributed by atoms with E-state index in [1.54, 1.807) is 6.92 Å². The molecule has 0 radical (unpaired) electrons. The van der Waals surface area contributed by atoms with Gasteiger partial charge in [-0.2, -0.15) is 0 Å². The molecule has 0 saturated carbocycles. The van der Waals surface area contributed by atoms with E-state index in [1.807, 2.05) is 24.3 Å². The van der Waals surface area contributed by atoms with Crippen molar-refractivity contribution in [3.05, 3.63) is 53.3 Å². The normalized spacial score (nSPS) is 22.4. The topological polar surface area (TPSA) is 55.8 Å². The molecule has 4 rings (SSSR count). The fourth-order valence-electron chi connectivity index (χ4n) is 3.49. The quantitative estimate of drug-likeness (QED) is 0.862. The summed E-state index contributed by atoms with van der Waals surface area (Å²) in [7, 11) is 0. The first-order valence-corrected chi connectivity index (χ1v) is 7.48. The van der Waals surface area contributed by atoms with Crippen molar-refractivity contribution in [3.63, 3.8) is 0 Å². The summed E-state index contributed by atoms with van der Waals surface area (Å²) < 4.78 is 10.9. The van der Waals surface area contributed by atoms with Gasteiger partial charge < -0.3 is 14.6 Å². The van der Waals surface area contributed by atoms with Crippen LogP contribution in [0.25, 0.3) is 10.8 Å². The van der Waals surface area contributed by atoms with Crippen LogP contribution in [0, 0.1) is 0 Å². The lowest BCUT2D eigenvalue weighted by molar-refractivity contribution is -0.138. The Morgan fingerprint density at radius 3 is 2.95 bits per heavy atom. The molecule has 1 N–H and O–H groups in total. The van der Waals surface area contributed by atoms with Gasteiger partial charge in [0, 0.05) is 11.5 Å². The van der Waals surface area contributed by atoms with E-state index in [0.717, 1.165) is 22.1 Å². The number of aliphatic hydroxyl groups is 1. The summed E-state index contributed by atoms with van der Waals surface area (Å²) in [4.78, 5) is 12.0. The summed E-state index contributed by atoms with van der Waals surface area (Å²) in [5.74, 6) is 0.340. The summed E-state index contributed by atoms with van der Waals surface area (Å²) in [5, 5.41) is 12.6. The average molecular weight is 296 g/mol. The lowest BCUT2D eigenvalue weighted by Crippen LogP contribution is -2.16. The number of hydrogen-bond donors (Lipinski definition) is 1. The first-order chi connectivity index (χ1) is 10.7. The fourth-order valence-corrected chi connectivity index (χ4v) is 3.49. The molecule has 0 saturated heterocycles. The SMILES string of the molecule is CCOC(=O)C1=C(O)[C@H]2Oc3ccc4ccccc4c3[C@H]2C1. The Morgan fingerprint density at radius 2 is 2.14 bits per heavy atom. The first-order valence-electron chi connectivity index (χ1n) is 7.48. The third-order valence-corrected chi connectivity index (χ3v) is 4.45. The summed E-state index contributed by atoms with van der Waals surface area (Å²) in [5.41, 5.74) is 1.42. The molecule has 2 aromatic rings. The highest BCUT2D eigenvalue weighted by Crippen LogP contribution is 2.51. The second kappa shape index (κ2) is 4.77. The maximum absolute atomic E-state index is 12.0. The number of carbonyl (C=O) groups is 1. The monoisotopic (exact) mass is 296 g/mol. The van der Waals surface area contributed by atoms with Crippen molar-refractivity contribution >= 4 is 16.7 Å². The molecule has 4 nitrogen and oxygen atoms in total. The van der Waals surface area contributed by atoms with Gasteiger partial charge in [-0.05, 0) is 30.2 Å². The molecule has 112 valence electrons. The average Bonchev–Trinajstić information content (AvgIpc) is 3.05. The Kier molecular flexibility index (Phi) is 2.86. The number of ether oxygens (including phenoxy) is 2. The Balaban J connectivity index is 1.78. The Hall–Kier alpha value is -2.49. The molecule has 1 aliphatic carbocycles. The van der Waals surface area contributed by atoms with Crippen LogP contribution in [0.4, 0.5) is 0 Å². The van der Waals surface area contributed by atoms with Crippen molar-refractivity contribution in [2.45, 2.75) is 25.4 Å². The summed E-state index contributed by atoms with van der Waals surface area (Å²) in [6.07, 6.45) is -0.0173. The molecule has 1 heterocycles. The zero-order valence-electron chi connectivity index (χ0n) is 12.2. The van der Waals surface area contributed by atoms with Crippen LogP contribution in [-0.4, -0.2) is 23.8 Å². The predicted molar refractivity (Wildman–Crippen MR) is 82.0 cm³/mol. The van der Waals surface area contributed by atoms with Crippen molar-refractivity contribution in [2.24, 2.45) is 0 Å². The smallest absolute Gasteiger partial charge is 0.337 e. The predicted octanol–water partition coefficient (Wildman–Crippen LogP) is 3.46. The van der Waals surface area contributed by atoms with Crippen molar-refractivity contribution in [2.75, 3.05) is 6.61 Å². The molecule has 0 unspecified atom stereocenters. The van der Waals surface area contributed by atoms with E-state index in [9.17, 15) is 9.90 Å². The molecule has 1 aliphatic heterocycles. The second-order valence-electron chi connectivity index (χ2n) is 5.63. The van der Waals surface area contributed by atoms with Crippen molar-refractivity contribution in [1.29, 1.82) is 0 Å². The standard InChI is InChI=1S/C18H16O4/c1-2-21-18(20)13-9-12-15-11-6-4-3-5-10(11)7-8-14(15)22-17(12)16(13)19/h3-8,12,17,19H,2,9H2,1H3/t12-,17+/m1/s1. The van der Waals surface area contributed by atoms with Crippen molar-refractivity contribution in [3.8, 4) is 5.75 Å². The second-order valence-corrected chi connectivity index (χ2v) is 5.63. The summed E-state index contributed by atoms with van der Waals surface area (Å²) in [6.45, 7) is 2.05. The van der Waals surface area contributed by atoms with E-state index in [2.05, 4.69) is 12.1 Å². The van der Waals surface area contributed by atoms with Crippen LogP contribution in [0.1, 0.15) is 24.8 Å². The van der Waals surface area contributed by atoms with E-state index in [-0.39, 0.29) is 11.7 Å². The highest BCUT2D eigenvalue weighted by Gasteiger charge is 2.46. The zero-order valence-corrected chi connectivity index (χ0v) is 12.2. The minimum Gasteiger partial charge on any atom is -0.508 e. The van der Waals surface area contributed by atoms with Crippen LogP contribution in [0.2, 0.25) is 0 Å². The highest BCUT2D eigenvalue weighted by molar-refractivity contribution is 5.93. The van der Waals surface area contributed by atoms with Gasteiger partial charge in [-0.25, -0.2) is 4.79 Å². The zero-order chi connectivity index (χ0) is 15.3. The first kappa shape index (κ1) is 13.2. The van der Waals surface area contributed by atoms with Crippen LogP contribution in [0.15, 0.2) is 47.7 Å². The number of hydrogen-bond acceptors (Lipinski definition) is 4. The van der Waals surface area contributed by atoms with E-state index in [0.29, 0.717) is 18.6 Å². The molecule has 2 atom stereocenters. The van der Waals surface area contributed by atoms with Gasteiger partial charge >= 0.3 is 5.97 Å². The minimum absolute atomic E-state index is 0.0173. The molecule has 0 fully saturated rings. The lowest BCUT2D eigenvalue weighted by Gasteiger charge is -2.10. The van der Waals surface area contributed by atoms with Gasteiger partial charge in [-0.15, -0.1) is 0 Å². The summed E-state index contributed by atoms with van der Waals surface area (Å²) in [6, 6.07) is 12.0. The maximum atomic E-state index is 12.0. The van der Waals surface area contributed by atoms with E-state index >= 15 is 0 Å². The molecule has 22 heavy (non-hydrogen) atoms. The molecule has 0 aromatic heterocycles. The van der Waals surface area contributed by atoms with Crippen LogP contribution in [0.3, 0.4) is 0 Å². The number of carbonyl (C=O) groups excluding carboxylic acids is 1. The molecule has 0 spiro atoms. The summed E-state index contributed by atoms with van der Waals surface area (Å²) >= 11 is 0.